The third-order valence-electron chi connectivity index (χ3n) is 3.26. The number of carbonyl (C=O) groups is 1. The number of hydrogen-bond acceptors (Lipinski definition) is 5. The van der Waals surface area contributed by atoms with Crippen molar-refractivity contribution >= 4 is 27.7 Å². The van der Waals surface area contributed by atoms with Crippen LogP contribution in [0.3, 0.4) is 0 Å². The van der Waals surface area contributed by atoms with Gasteiger partial charge in [0, 0.05) is 29.3 Å². The smallest absolute Gasteiger partial charge is 0.339 e. The lowest BCUT2D eigenvalue weighted by atomic mass is 10.2. The summed E-state index contributed by atoms with van der Waals surface area (Å²) < 4.78 is 12.7. The van der Waals surface area contributed by atoms with Gasteiger partial charge < -0.3 is 14.7 Å². The van der Waals surface area contributed by atoms with Crippen molar-refractivity contribution in [3.05, 3.63) is 52.1 Å². The lowest BCUT2D eigenvalue weighted by molar-refractivity contribution is 0.0600. The molecule has 0 atom stereocenters. The third kappa shape index (κ3) is 3.76. The van der Waals surface area contributed by atoms with Crippen molar-refractivity contribution in [2.45, 2.75) is 13.5 Å². The molecule has 1 aromatic heterocycles. The van der Waals surface area contributed by atoms with E-state index in [0.717, 1.165) is 15.9 Å². The molecule has 0 aliphatic carbocycles. The van der Waals surface area contributed by atoms with E-state index in [0.29, 0.717) is 24.4 Å². The van der Waals surface area contributed by atoms with Crippen molar-refractivity contribution in [1.82, 2.24) is 4.98 Å². The fraction of sp³-hybridized carbons (Fsp3) is 0.250. The Morgan fingerprint density at radius 2 is 2.27 bits per heavy atom. The van der Waals surface area contributed by atoms with Gasteiger partial charge in [0.2, 0.25) is 0 Å². The van der Waals surface area contributed by atoms with Gasteiger partial charge in [-0.05, 0) is 37.3 Å². The molecule has 0 saturated carbocycles. The Morgan fingerprint density at radius 1 is 1.45 bits per heavy atom. The number of anilines is 1. The van der Waals surface area contributed by atoms with Gasteiger partial charge in [0.1, 0.15) is 11.6 Å². The van der Waals surface area contributed by atoms with Gasteiger partial charge in [-0.3, -0.25) is 0 Å². The fourth-order valence-electron chi connectivity index (χ4n) is 2.04. The Hall–Kier alpha value is -2.08. The number of hydrogen-bond donors (Lipinski definition) is 1. The second kappa shape index (κ2) is 7.26. The lowest BCUT2D eigenvalue weighted by Crippen LogP contribution is -2.23. The monoisotopic (exact) mass is 365 g/mol. The topological polar surface area (TPSA) is 62.7 Å². The van der Waals surface area contributed by atoms with Crippen LogP contribution in [0.1, 0.15) is 22.8 Å². The lowest BCUT2D eigenvalue weighted by Gasteiger charge is -2.22. The molecule has 6 heteroatoms. The first-order valence-corrected chi connectivity index (χ1v) is 7.59. The van der Waals surface area contributed by atoms with Crippen LogP contribution in [-0.4, -0.2) is 31.1 Å². The number of carbonyl (C=O) groups excluding carboxylic acids is 1. The predicted molar refractivity (Wildman–Crippen MR) is 88.1 cm³/mol. The quantitative estimate of drug-likeness (QED) is 0.795. The van der Waals surface area contributed by atoms with E-state index in [-0.39, 0.29) is 0 Å². The highest BCUT2D eigenvalue weighted by Gasteiger charge is 2.12. The molecule has 1 N–H and O–H groups in total. The number of pyridine rings is 1. The largest absolute Gasteiger partial charge is 0.508 e. The highest BCUT2D eigenvalue weighted by atomic mass is 79.9. The number of methoxy groups -OCH3 is 1. The van der Waals surface area contributed by atoms with E-state index in [2.05, 4.69) is 30.8 Å². The summed E-state index contributed by atoms with van der Waals surface area (Å²) in [6, 6.07) is 8.94. The van der Waals surface area contributed by atoms with Crippen LogP contribution in [-0.2, 0) is 11.3 Å². The third-order valence-corrected chi connectivity index (χ3v) is 3.75. The van der Waals surface area contributed by atoms with Crippen molar-refractivity contribution in [2.24, 2.45) is 0 Å². The molecule has 0 fully saturated rings. The maximum Gasteiger partial charge on any atom is 0.339 e. The highest BCUT2D eigenvalue weighted by molar-refractivity contribution is 9.10. The summed E-state index contributed by atoms with van der Waals surface area (Å²) in [7, 11) is 1.34. The number of halogens is 1. The summed E-state index contributed by atoms with van der Waals surface area (Å²) >= 11 is 3.42. The molecule has 0 radical (unpaired) electrons. The van der Waals surface area contributed by atoms with E-state index in [1.807, 2.05) is 24.0 Å². The molecule has 0 bridgehead atoms. The van der Waals surface area contributed by atoms with Gasteiger partial charge in [-0.15, -0.1) is 0 Å². The summed E-state index contributed by atoms with van der Waals surface area (Å²) in [6.45, 7) is 3.26. The molecular formula is C16H17BrN2O3. The number of benzene rings is 1. The summed E-state index contributed by atoms with van der Waals surface area (Å²) in [5.41, 5.74) is 1.28. The zero-order valence-electron chi connectivity index (χ0n) is 13.4. The van der Waals surface area contributed by atoms with Crippen LogP contribution in [0.4, 0.5) is 5.82 Å². The minimum atomic E-state index is -0.413. The molecule has 2 rings (SSSR count). The van der Waals surface area contributed by atoms with Crippen molar-refractivity contribution in [3.63, 3.8) is 0 Å². The standard InChI is InChI=1S/C16H17BrN2O3/c1-3-19(10-12-8-13(17)5-6-14(12)20)15-7-4-11(9-18-15)16(21)22-2/h4-9,20H,3,10H2,1-2H3/i/hD. The van der Waals surface area contributed by atoms with Crippen LogP contribution in [0.2, 0.25) is 0 Å². The SMILES string of the molecule is [2H]Oc1ccc(Br)cc1CN(CC)c1ccc(C(=O)OC)cn1. The Bertz CT molecular complexity index is 680. The molecule has 116 valence electrons. The number of aromatic nitrogens is 1. The average molecular weight is 366 g/mol. The Kier molecular flexibility index (Phi) is 4.90. The zero-order valence-corrected chi connectivity index (χ0v) is 14.0. The highest BCUT2D eigenvalue weighted by Crippen LogP contribution is 2.25. The number of nitrogens with zero attached hydrogens (tertiary/aromatic N) is 2. The zero-order chi connectivity index (χ0) is 16.8. The fourth-order valence-corrected chi connectivity index (χ4v) is 2.45. The number of phenols is 1. The predicted octanol–water partition coefficient (Wildman–Crippen LogP) is 3.36. The summed E-state index contributed by atoms with van der Waals surface area (Å²) in [6.07, 6.45) is 1.49. The molecule has 0 amide bonds. The molecule has 22 heavy (non-hydrogen) atoms. The van der Waals surface area contributed by atoms with Crippen LogP contribution >= 0.6 is 15.9 Å². The van der Waals surface area contributed by atoms with Gasteiger partial charge in [-0.1, -0.05) is 15.9 Å². The number of rotatable bonds is 6. The average Bonchev–Trinajstić information content (AvgIpc) is 2.59. The molecule has 1 aromatic carbocycles. The molecule has 0 aliphatic heterocycles. The number of phenolic OH excluding ortho intramolecular Hbond substituents is 1. The minimum Gasteiger partial charge on any atom is -0.508 e. The molecule has 0 unspecified atom stereocenters. The Labute approximate surface area is 139 Å². The van der Waals surface area contributed by atoms with Crippen molar-refractivity contribution < 1.29 is 14.6 Å². The first-order chi connectivity index (χ1) is 11.1. The van der Waals surface area contributed by atoms with Gasteiger partial charge in [-0.2, -0.15) is 0 Å². The van der Waals surface area contributed by atoms with E-state index >= 15 is 0 Å². The number of esters is 1. The maximum absolute atomic E-state index is 11.5. The molecule has 0 saturated heterocycles. The van der Waals surface area contributed by atoms with Gasteiger partial charge in [0.05, 0.1) is 12.7 Å². The van der Waals surface area contributed by atoms with Crippen molar-refractivity contribution in [2.75, 3.05) is 18.6 Å². The van der Waals surface area contributed by atoms with Crippen LogP contribution in [0.5, 0.6) is 5.75 Å². The van der Waals surface area contributed by atoms with E-state index in [1.54, 1.807) is 18.2 Å². The van der Waals surface area contributed by atoms with Crippen LogP contribution in [0, 0.1) is 0 Å². The van der Waals surface area contributed by atoms with Crippen LogP contribution in [0.25, 0.3) is 0 Å². The van der Waals surface area contributed by atoms with Gasteiger partial charge >= 0.3 is 5.97 Å². The number of ether oxygens (including phenoxy) is 1. The summed E-state index contributed by atoms with van der Waals surface area (Å²) in [5, 5.41) is 4.67. The van der Waals surface area contributed by atoms with E-state index in [1.165, 1.54) is 13.3 Å². The molecule has 1 heterocycles. The van der Waals surface area contributed by atoms with Crippen LogP contribution < -0.4 is 4.90 Å². The molecule has 0 aliphatic rings. The van der Waals surface area contributed by atoms with E-state index in [9.17, 15) is 4.79 Å². The van der Waals surface area contributed by atoms with Gasteiger partial charge in [0.15, 0.2) is 0 Å². The van der Waals surface area contributed by atoms with Crippen LogP contribution in [0.15, 0.2) is 41.0 Å². The second-order valence-electron chi connectivity index (χ2n) is 4.66. The van der Waals surface area contributed by atoms with Gasteiger partial charge in [-0.25, -0.2) is 9.78 Å². The van der Waals surface area contributed by atoms with Gasteiger partial charge in [0.25, 0.3) is 1.43 Å². The second-order valence-corrected chi connectivity index (χ2v) is 5.58. The van der Waals surface area contributed by atoms with E-state index < -0.39 is 5.97 Å². The first-order valence-electron chi connectivity index (χ1n) is 7.20. The summed E-state index contributed by atoms with van der Waals surface area (Å²) in [4.78, 5) is 17.8. The molecule has 5 nitrogen and oxygen atoms in total. The molecule has 2 aromatic rings. The Balaban J connectivity index is 2.23. The molecular weight excluding hydrogens is 348 g/mol. The Morgan fingerprint density at radius 3 is 2.86 bits per heavy atom. The normalized spacial score (nSPS) is 10.8. The molecule has 0 spiro atoms. The van der Waals surface area contributed by atoms with E-state index in [4.69, 9.17) is 1.43 Å². The number of aromatic hydroxyl groups is 1. The van der Waals surface area contributed by atoms with Crippen molar-refractivity contribution in [1.29, 1.82) is 1.43 Å². The minimum absolute atomic E-state index is 0.407. The summed E-state index contributed by atoms with van der Waals surface area (Å²) in [5.74, 6) is 0.817. The maximum atomic E-state index is 11.5. The van der Waals surface area contributed by atoms with Crippen molar-refractivity contribution in [3.8, 4) is 5.75 Å². The first kappa shape index (κ1) is 14.8.